The highest BCUT2D eigenvalue weighted by atomic mass is 16.6. The fourth-order valence-electron chi connectivity index (χ4n) is 3.18. The van der Waals surface area contributed by atoms with Crippen LogP contribution < -0.4 is 0 Å². The molecule has 0 rings (SSSR count). The molecule has 0 aliphatic carbocycles. The van der Waals surface area contributed by atoms with Crippen LogP contribution in [0.1, 0.15) is 112 Å². The summed E-state index contributed by atoms with van der Waals surface area (Å²) in [5.74, 6) is -0.577. The predicted octanol–water partition coefficient (Wildman–Crippen LogP) is 6.45. The Morgan fingerprint density at radius 3 is 1.78 bits per heavy atom. The Balaban J connectivity index is 4.39. The molecule has 0 aromatic rings. The zero-order valence-electron chi connectivity index (χ0n) is 18.8. The van der Waals surface area contributed by atoms with Crippen molar-refractivity contribution in [1.29, 1.82) is 0 Å². The second-order valence-electron chi connectivity index (χ2n) is 7.90. The van der Waals surface area contributed by atoms with E-state index in [1.807, 2.05) is 20.8 Å². The summed E-state index contributed by atoms with van der Waals surface area (Å²) >= 11 is 0. The van der Waals surface area contributed by atoms with Gasteiger partial charge in [0, 0.05) is 0 Å². The lowest BCUT2D eigenvalue weighted by molar-refractivity contribution is -0.177. The standard InChI is InChI=1S/C23H44O4/c1-7-11-12-13-14-15-16-17-18-26-21(24)23(9-3,10-4)22(25)27-20(6)19(5)8-2/h19-20H,7-18H2,1-6H3. The molecule has 0 aromatic carbocycles. The van der Waals surface area contributed by atoms with E-state index in [1.165, 1.54) is 38.5 Å². The Hall–Kier alpha value is -1.06. The van der Waals surface area contributed by atoms with Crippen molar-refractivity contribution < 1.29 is 19.1 Å². The monoisotopic (exact) mass is 384 g/mol. The number of hydrogen-bond donors (Lipinski definition) is 0. The van der Waals surface area contributed by atoms with Crippen molar-refractivity contribution in [1.82, 2.24) is 0 Å². The van der Waals surface area contributed by atoms with Gasteiger partial charge in [0.2, 0.25) is 0 Å². The van der Waals surface area contributed by atoms with Gasteiger partial charge in [0.15, 0.2) is 5.41 Å². The van der Waals surface area contributed by atoms with E-state index in [1.54, 1.807) is 0 Å². The molecule has 0 N–H and O–H groups in total. The molecule has 2 unspecified atom stereocenters. The van der Waals surface area contributed by atoms with E-state index < -0.39 is 17.4 Å². The smallest absolute Gasteiger partial charge is 0.323 e. The lowest BCUT2D eigenvalue weighted by Crippen LogP contribution is -2.43. The predicted molar refractivity (Wildman–Crippen MR) is 112 cm³/mol. The van der Waals surface area contributed by atoms with Crippen molar-refractivity contribution in [2.45, 2.75) is 118 Å². The van der Waals surface area contributed by atoms with Crippen LogP contribution in [0, 0.1) is 11.3 Å². The molecule has 0 amide bonds. The van der Waals surface area contributed by atoms with Gasteiger partial charge in [-0.05, 0) is 32.1 Å². The van der Waals surface area contributed by atoms with E-state index in [9.17, 15) is 9.59 Å². The van der Waals surface area contributed by atoms with E-state index in [2.05, 4.69) is 20.8 Å². The molecule has 0 aliphatic rings. The molecule has 160 valence electrons. The summed E-state index contributed by atoms with van der Waals surface area (Å²) in [7, 11) is 0. The quantitative estimate of drug-likeness (QED) is 0.174. The molecule has 4 nitrogen and oxygen atoms in total. The van der Waals surface area contributed by atoms with Crippen LogP contribution in [-0.4, -0.2) is 24.6 Å². The van der Waals surface area contributed by atoms with E-state index in [-0.39, 0.29) is 12.0 Å². The summed E-state index contributed by atoms with van der Waals surface area (Å²) in [5, 5.41) is 0. The first-order valence-electron chi connectivity index (χ1n) is 11.3. The van der Waals surface area contributed by atoms with Gasteiger partial charge in [0.25, 0.3) is 0 Å². The van der Waals surface area contributed by atoms with Crippen LogP contribution in [0.4, 0.5) is 0 Å². The Morgan fingerprint density at radius 2 is 1.30 bits per heavy atom. The maximum absolute atomic E-state index is 12.7. The summed E-state index contributed by atoms with van der Waals surface area (Å²) in [6.45, 7) is 12.4. The summed E-state index contributed by atoms with van der Waals surface area (Å²) in [6.07, 6.45) is 11.1. The van der Waals surface area contributed by atoms with Crippen molar-refractivity contribution in [2.24, 2.45) is 11.3 Å². The Labute approximate surface area is 167 Å². The highest BCUT2D eigenvalue weighted by Gasteiger charge is 2.46. The Morgan fingerprint density at radius 1 is 0.778 bits per heavy atom. The van der Waals surface area contributed by atoms with E-state index in [0.717, 1.165) is 19.3 Å². The van der Waals surface area contributed by atoms with E-state index >= 15 is 0 Å². The minimum atomic E-state index is -1.16. The van der Waals surface area contributed by atoms with Gasteiger partial charge < -0.3 is 9.47 Å². The Kier molecular flexibility index (Phi) is 14.3. The van der Waals surface area contributed by atoms with Crippen LogP contribution in [0.2, 0.25) is 0 Å². The van der Waals surface area contributed by atoms with Gasteiger partial charge in [-0.1, -0.05) is 86.0 Å². The van der Waals surface area contributed by atoms with Gasteiger partial charge in [-0.2, -0.15) is 0 Å². The van der Waals surface area contributed by atoms with Crippen molar-refractivity contribution in [3.05, 3.63) is 0 Å². The number of unbranched alkanes of at least 4 members (excludes halogenated alkanes) is 7. The average Bonchev–Trinajstić information content (AvgIpc) is 2.67. The van der Waals surface area contributed by atoms with Crippen molar-refractivity contribution in [2.75, 3.05) is 6.61 Å². The molecule has 0 saturated heterocycles. The van der Waals surface area contributed by atoms with Gasteiger partial charge in [-0.15, -0.1) is 0 Å². The second-order valence-corrected chi connectivity index (χ2v) is 7.90. The van der Waals surface area contributed by atoms with E-state index in [0.29, 0.717) is 19.4 Å². The third-order valence-electron chi connectivity index (χ3n) is 5.96. The van der Waals surface area contributed by atoms with Crippen molar-refractivity contribution >= 4 is 11.9 Å². The first-order chi connectivity index (χ1) is 12.9. The summed E-state index contributed by atoms with van der Waals surface area (Å²) in [6, 6.07) is 0. The molecule has 0 spiro atoms. The Bertz CT molecular complexity index is 401. The molecule has 4 heteroatoms. The lowest BCUT2D eigenvalue weighted by Gasteiger charge is -2.30. The van der Waals surface area contributed by atoms with Crippen LogP contribution in [0.5, 0.6) is 0 Å². The number of carbonyl (C=O) groups is 2. The summed E-state index contributed by atoms with van der Waals surface area (Å²) in [4.78, 5) is 25.4. The maximum Gasteiger partial charge on any atom is 0.323 e. The molecular formula is C23H44O4. The second kappa shape index (κ2) is 14.9. The lowest BCUT2D eigenvalue weighted by atomic mass is 9.82. The van der Waals surface area contributed by atoms with Gasteiger partial charge in [0.1, 0.15) is 6.10 Å². The zero-order chi connectivity index (χ0) is 20.7. The first kappa shape index (κ1) is 25.9. The molecule has 0 aliphatic heterocycles. The summed E-state index contributed by atoms with van der Waals surface area (Å²) in [5.41, 5.74) is -1.16. The van der Waals surface area contributed by atoms with E-state index in [4.69, 9.17) is 9.47 Å². The van der Waals surface area contributed by atoms with Crippen LogP contribution in [0.15, 0.2) is 0 Å². The van der Waals surface area contributed by atoms with Crippen molar-refractivity contribution in [3.63, 3.8) is 0 Å². The van der Waals surface area contributed by atoms with Gasteiger partial charge in [-0.25, -0.2) is 0 Å². The first-order valence-corrected chi connectivity index (χ1v) is 11.3. The minimum absolute atomic E-state index is 0.194. The SMILES string of the molecule is CCCCCCCCCCOC(=O)C(CC)(CC)C(=O)OC(C)C(C)CC. The highest BCUT2D eigenvalue weighted by molar-refractivity contribution is 6.00. The fourth-order valence-corrected chi connectivity index (χ4v) is 3.18. The van der Waals surface area contributed by atoms with Crippen LogP contribution in [0.25, 0.3) is 0 Å². The molecule has 27 heavy (non-hydrogen) atoms. The number of carbonyl (C=O) groups excluding carboxylic acids is 2. The maximum atomic E-state index is 12.7. The number of ether oxygens (including phenoxy) is 2. The number of esters is 2. The fraction of sp³-hybridized carbons (Fsp3) is 0.913. The van der Waals surface area contributed by atoms with Gasteiger partial charge >= 0.3 is 11.9 Å². The molecule has 0 fully saturated rings. The molecule has 0 bridgehead atoms. The average molecular weight is 385 g/mol. The zero-order valence-corrected chi connectivity index (χ0v) is 18.8. The molecule has 2 atom stereocenters. The van der Waals surface area contributed by atoms with Crippen LogP contribution >= 0.6 is 0 Å². The van der Waals surface area contributed by atoms with Gasteiger partial charge in [-0.3, -0.25) is 9.59 Å². The molecule has 0 aromatic heterocycles. The third-order valence-corrected chi connectivity index (χ3v) is 5.96. The molecular weight excluding hydrogens is 340 g/mol. The molecule has 0 heterocycles. The third kappa shape index (κ3) is 9.12. The number of hydrogen-bond acceptors (Lipinski definition) is 4. The normalized spacial score (nSPS) is 13.9. The topological polar surface area (TPSA) is 52.6 Å². The summed E-state index contributed by atoms with van der Waals surface area (Å²) < 4.78 is 11.1. The minimum Gasteiger partial charge on any atom is -0.465 e. The molecule has 0 radical (unpaired) electrons. The van der Waals surface area contributed by atoms with Crippen molar-refractivity contribution in [3.8, 4) is 0 Å². The van der Waals surface area contributed by atoms with Crippen LogP contribution in [-0.2, 0) is 19.1 Å². The number of rotatable bonds is 16. The highest BCUT2D eigenvalue weighted by Crippen LogP contribution is 2.31. The molecule has 0 saturated carbocycles. The largest absolute Gasteiger partial charge is 0.465 e. The van der Waals surface area contributed by atoms with Crippen LogP contribution in [0.3, 0.4) is 0 Å². The van der Waals surface area contributed by atoms with Gasteiger partial charge in [0.05, 0.1) is 6.61 Å².